The molecular weight excluding hydrogens is 488 g/mol. The van der Waals surface area contributed by atoms with E-state index in [2.05, 4.69) is 46.1 Å². The van der Waals surface area contributed by atoms with Gasteiger partial charge in [-0.15, -0.1) is 0 Å². The Morgan fingerprint density at radius 1 is 1.09 bits per heavy atom. The highest BCUT2D eigenvalue weighted by atomic mass is 79.9. The number of rotatable bonds is 6. The third-order valence-corrected chi connectivity index (χ3v) is 6.61. The second kappa shape index (κ2) is 9.16. The third-order valence-electron chi connectivity index (χ3n) is 5.86. The van der Waals surface area contributed by atoms with E-state index in [0.717, 1.165) is 69.3 Å². The summed E-state index contributed by atoms with van der Waals surface area (Å²) in [6.07, 6.45) is 2.68. The van der Waals surface area contributed by atoms with Gasteiger partial charge >= 0.3 is 0 Å². The molecule has 2 aliphatic heterocycles. The lowest BCUT2D eigenvalue weighted by molar-refractivity contribution is -0.0191. The highest BCUT2D eigenvalue weighted by Gasteiger charge is 2.41. The highest BCUT2D eigenvalue weighted by molar-refractivity contribution is 9.10. The molecule has 5 rings (SSSR count). The average Bonchev–Trinajstić information content (AvgIpc) is 3.26. The number of benzene rings is 3. The molecule has 6 heteroatoms. The first-order valence-corrected chi connectivity index (χ1v) is 12.1. The Labute approximate surface area is 201 Å². The van der Waals surface area contributed by atoms with E-state index in [4.69, 9.17) is 26.2 Å². The normalized spacial score (nSPS) is 19.1. The summed E-state index contributed by atoms with van der Waals surface area (Å²) in [5, 5.41) is 7.83. The minimum absolute atomic E-state index is 0.104. The minimum Gasteiger partial charge on any atom is -0.494 e. The third kappa shape index (κ3) is 4.24. The summed E-state index contributed by atoms with van der Waals surface area (Å²) in [5.74, 6) is 1.78. The lowest BCUT2D eigenvalue weighted by Crippen LogP contribution is -2.33. The van der Waals surface area contributed by atoms with Crippen molar-refractivity contribution >= 4 is 33.2 Å². The Kier molecular flexibility index (Phi) is 6.11. The van der Waals surface area contributed by atoms with E-state index in [1.54, 1.807) is 0 Å². The Morgan fingerprint density at radius 2 is 1.88 bits per heavy atom. The number of hydrogen-bond donors (Lipinski definition) is 0. The summed E-state index contributed by atoms with van der Waals surface area (Å²) in [6, 6.07) is 22.3. The number of fused-ring (bicyclic) bond motifs is 3. The van der Waals surface area contributed by atoms with Crippen LogP contribution in [0.1, 0.15) is 55.1 Å². The maximum atomic E-state index is 6.46. The van der Waals surface area contributed by atoms with Gasteiger partial charge in [0, 0.05) is 27.0 Å². The van der Waals surface area contributed by atoms with Gasteiger partial charge in [0.2, 0.25) is 6.23 Å². The van der Waals surface area contributed by atoms with Crippen LogP contribution in [-0.2, 0) is 0 Å². The van der Waals surface area contributed by atoms with Gasteiger partial charge in [-0.05, 0) is 66.6 Å². The second-order valence-corrected chi connectivity index (χ2v) is 9.43. The number of halogens is 2. The molecule has 0 fully saturated rings. The first-order valence-electron chi connectivity index (χ1n) is 10.9. The van der Waals surface area contributed by atoms with E-state index >= 15 is 0 Å². The van der Waals surface area contributed by atoms with Crippen molar-refractivity contribution in [1.82, 2.24) is 5.01 Å². The van der Waals surface area contributed by atoms with E-state index in [1.165, 1.54) is 0 Å². The number of nitrogens with zero attached hydrogens (tertiary/aromatic N) is 2. The monoisotopic (exact) mass is 510 g/mol. The topological polar surface area (TPSA) is 34.1 Å². The van der Waals surface area contributed by atoms with Gasteiger partial charge in [-0.3, -0.25) is 0 Å². The van der Waals surface area contributed by atoms with Gasteiger partial charge in [-0.2, -0.15) is 5.10 Å². The summed E-state index contributed by atoms with van der Waals surface area (Å²) in [4.78, 5) is 0. The number of unbranched alkanes of at least 4 members (excludes halogenated alkanes) is 1. The summed E-state index contributed by atoms with van der Waals surface area (Å²) in [6.45, 7) is 2.90. The second-order valence-electron chi connectivity index (χ2n) is 8.08. The van der Waals surface area contributed by atoms with Gasteiger partial charge in [0.25, 0.3) is 0 Å². The van der Waals surface area contributed by atoms with Gasteiger partial charge in [-0.1, -0.05) is 53.0 Å². The van der Waals surface area contributed by atoms with Crippen LogP contribution in [-0.4, -0.2) is 17.3 Å². The summed E-state index contributed by atoms with van der Waals surface area (Å²) >= 11 is 9.70. The maximum Gasteiger partial charge on any atom is 0.213 e. The molecular formula is C26H24BrClN2O2. The van der Waals surface area contributed by atoms with Crippen LogP contribution >= 0.6 is 27.5 Å². The van der Waals surface area contributed by atoms with Crippen molar-refractivity contribution in [3.63, 3.8) is 0 Å². The van der Waals surface area contributed by atoms with Crippen molar-refractivity contribution in [1.29, 1.82) is 0 Å². The van der Waals surface area contributed by atoms with Crippen LogP contribution in [0.4, 0.5) is 0 Å². The quantitative estimate of drug-likeness (QED) is 0.321. The molecule has 4 nitrogen and oxygen atoms in total. The van der Waals surface area contributed by atoms with E-state index in [1.807, 2.05) is 48.5 Å². The molecule has 3 aromatic carbocycles. The molecule has 0 N–H and O–H groups in total. The lowest BCUT2D eigenvalue weighted by Gasteiger charge is -2.38. The molecule has 164 valence electrons. The van der Waals surface area contributed by atoms with E-state index in [0.29, 0.717) is 0 Å². The molecule has 0 saturated heterocycles. The Morgan fingerprint density at radius 3 is 2.62 bits per heavy atom. The molecule has 32 heavy (non-hydrogen) atoms. The largest absolute Gasteiger partial charge is 0.494 e. The molecule has 2 atom stereocenters. The standard InChI is InChI=1S/C26H24BrClN2O2/c1-2-3-14-31-21-11-6-18(7-12-21)26-30-24(22-15-19(27)8-13-25(22)32-26)16-23(29-30)17-4-9-20(28)10-5-17/h4-13,15,24,26H,2-3,14,16H2,1H3/t24-,26-/m1/s1. The number of hydrazone groups is 1. The van der Waals surface area contributed by atoms with Gasteiger partial charge in [0.15, 0.2) is 0 Å². The smallest absolute Gasteiger partial charge is 0.213 e. The zero-order valence-corrected chi connectivity index (χ0v) is 20.1. The zero-order chi connectivity index (χ0) is 22.1. The van der Waals surface area contributed by atoms with E-state index < -0.39 is 0 Å². The first kappa shape index (κ1) is 21.4. The van der Waals surface area contributed by atoms with Gasteiger partial charge in [0.1, 0.15) is 11.5 Å². The van der Waals surface area contributed by atoms with Crippen LogP contribution in [0.15, 0.2) is 76.3 Å². The maximum absolute atomic E-state index is 6.46. The fourth-order valence-electron chi connectivity index (χ4n) is 4.16. The Bertz CT molecular complexity index is 1130. The van der Waals surface area contributed by atoms with Crippen molar-refractivity contribution in [2.75, 3.05) is 6.61 Å². The zero-order valence-electron chi connectivity index (χ0n) is 17.8. The van der Waals surface area contributed by atoms with Gasteiger partial charge in [-0.25, -0.2) is 5.01 Å². The van der Waals surface area contributed by atoms with Crippen LogP contribution in [0.5, 0.6) is 11.5 Å². The first-order chi connectivity index (χ1) is 15.6. The molecule has 0 radical (unpaired) electrons. The van der Waals surface area contributed by atoms with Crippen molar-refractivity contribution in [2.45, 2.75) is 38.5 Å². The lowest BCUT2D eigenvalue weighted by atomic mass is 9.96. The van der Waals surface area contributed by atoms with E-state index in [-0.39, 0.29) is 12.3 Å². The average molecular weight is 512 g/mol. The summed E-state index contributed by atoms with van der Waals surface area (Å²) in [5.41, 5.74) is 4.31. The van der Waals surface area contributed by atoms with Crippen molar-refractivity contribution in [3.8, 4) is 11.5 Å². The van der Waals surface area contributed by atoms with E-state index in [9.17, 15) is 0 Å². The molecule has 3 aromatic rings. The molecule has 0 aliphatic carbocycles. The number of ether oxygens (including phenoxy) is 2. The molecule has 0 saturated carbocycles. The Balaban J connectivity index is 1.48. The van der Waals surface area contributed by atoms with Crippen LogP contribution in [0.3, 0.4) is 0 Å². The molecule has 0 spiro atoms. The number of hydrogen-bond acceptors (Lipinski definition) is 4. The highest BCUT2D eigenvalue weighted by Crippen LogP contribution is 2.48. The van der Waals surface area contributed by atoms with Crippen LogP contribution in [0.2, 0.25) is 5.02 Å². The van der Waals surface area contributed by atoms with Crippen molar-refractivity contribution in [3.05, 3.63) is 92.9 Å². The van der Waals surface area contributed by atoms with Crippen LogP contribution in [0.25, 0.3) is 0 Å². The van der Waals surface area contributed by atoms with Crippen LogP contribution in [0, 0.1) is 0 Å². The predicted molar refractivity (Wildman–Crippen MR) is 132 cm³/mol. The molecule has 2 heterocycles. The van der Waals surface area contributed by atoms with Gasteiger partial charge < -0.3 is 9.47 Å². The predicted octanol–water partition coefficient (Wildman–Crippen LogP) is 7.52. The molecule has 0 bridgehead atoms. The molecule has 0 amide bonds. The SMILES string of the molecule is CCCCOc1ccc([C@H]2Oc3ccc(Br)cc3[C@H]3CC(c4ccc(Cl)cc4)=NN32)cc1. The van der Waals surface area contributed by atoms with Crippen molar-refractivity contribution < 1.29 is 9.47 Å². The summed E-state index contributed by atoms with van der Waals surface area (Å²) in [7, 11) is 0. The fourth-order valence-corrected chi connectivity index (χ4v) is 4.66. The fraction of sp³-hybridized carbons (Fsp3) is 0.269. The molecule has 0 aromatic heterocycles. The summed E-state index contributed by atoms with van der Waals surface area (Å²) < 4.78 is 13.3. The minimum atomic E-state index is -0.303. The van der Waals surface area contributed by atoms with Crippen molar-refractivity contribution in [2.24, 2.45) is 5.10 Å². The molecule has 2 aliphatic rings. The molecule has 0 unspecified atom stereocenters. The van der Waals surface area contributed by atoms with Crippen LogP contribution < -0.4 is 9.47 Å². The van der Waals surface area contributed by atoms with Gasteiger partial charge in [0.05, 0.1) is 18.4 Å². The Hall–Kier alpha value is -2.50.